The number of carbonyl (C=O) groups excluding carboxylic acids is 1. The second-order valence-corrected chi connectivity index (χ2v) is 8.52. The van der Waals surface area contributed by atoms with Gasteiger partial charge in [-0.1, -0.05) is 30.3 Å². The topological polar surface area (TPSA) is 51.5 Å². The zero-order valence-corrected chi connectivity index (χ0v) is 18.7. The van der Waals surface area contributed by atoms with Gasteiger partial charge in [-0.25, -0.2) is 0 Å². The number of aryl methyl sites for hydroxylation is 3. The quantitative estimate of drug-likeness (QED) is 0.490. The lowest BCUT2D eigenvalue weighted by Gasteiger charge is -2.14. The zero-order valence-electron chi connectivity index (χ0n) is 18.7. The Balaban J connectivity index is 1.49. The minimum atomic E-state index is -0.0746. The lowest BCUT2D eigenvalue weighted by molar-refractivity contribution is -0.117. The lowest BCUT2D eigenvalue weighted by Crippen LogP contribution is -2.31. The summed E-state index contributed by atoms with van der Waals surface area (Å²) in [7, 11) is 1.66. The molecule has 1 heterocycles. The van der Waals surface area contributed by atoms with Crippen LogP contribution in [0.15, 0.2) is 53.0 Å². The highest BCUT2D eigenvalue weighted by molar-refractivity contribution is 5.97. The third-order valence-corrected chi connectivity index (χ3v) is 6.15. The van der Waals surface area contributed by atoms with Crippen LogP contribution in [-0.2, 0) is 24.1 Å². The molecule has 162 valence electrons. The van der Waals surface area contributed by atoms with Crippen LogP contribution < -0.4 is 10.1 Å². The normalized spacial score (nSPS) is 14.9. The molecule has 1 aliphatic rings. The number of furan rings is 1. The minimum absolute atomic E-state index is 0.0746. The predicted octanol–water partition coefficient (Wildman–Crippen LogP) is 5.86. The molecule has 1 N–H and O–H groups in total. The third kappa shape index (κ3) is 4.84. The summed E-state index contributed by atoms with van der Waals surface area (Å²) in [5, 5.41) is 4.24. The first-order valence-corrected chi connectivity index (χ1v) is 11.2. The van der Waals surface area contributed by atoms with Crippen molar-refractivity contribution in [3.63, 3.8) is 0 Å². The summed E-state index contributed by atoms with van der Waals surface area (Å²) in [6.45, 7) is 4.01. The van der Waals surface area contributed by atoms with E-state index in [9.17, 15) is 4.79 Å². The van der Waals surface area contributed by atoms with Gasteiger partial charge in [-0.15, -0.1) is 0 Å². The first-order chi connectivity index (χ1) is 15.0. The van der Waals surface area contributed by atoms with Gasteiger partial charge in [-0.05, 0) is 63.2 Å². The van der Waals surface area contributed by atoms with E-state index < -0.39 is 0 Å². The summed E-state index contributed by atoms with van der Waals surface area (Å²) in [4.78, 5) is 12.6. The molecule has 31 heavy (non-hydrogen) atoms. The van der Waals surface area contributed by atoms with Gasteiger partial charge in [0.2, 0.25) is 5.91 Å². The van der Waals surface area contributed by atoms with Crippen molar-refractivity contribution in [2.24, 2.45) is 0 Å². The minimum Gasteiger partial charge on any atom is -0.496 e. The number of nitrogens with one attached hydrogen (secondary N) is 1. The maximum atomic E-state index is 12.6. The number of hydrogen-bond acceptors (Lipinski definition) is 3. The number of fused-ring (bicyclic) bond motifs is 3. The highest BCUT2D eigenvalue weighted by Gasteiger charge is 2.20. The molecular weight excluding hydrogens is 386 g/mol. The first kappa shape index (κ1) is 21.2. The summed E-state index contributed by atoms with van der Waals surface area (Å²) < 4.78 is 11.7. The highest BCUT2D eigenvalue weighted by atomic mass is 16.5. The molecule has 0 saturated carbocycles. The second kappa shape index (κ2) is 9.42. The maximum Gasteiger partial charge on any atom is 0.244 e. The smallest absolute Gasteiger partial charge is 0.244 e. The van der Waals surface area contributed by atoms with Crippen LogP contribution in [0, 0.1) is 0 Å². The van der Waals surface area contributed by atoms with E-state index in [1.165, 1.54) is 24.0 Å². The molecule has 4 nitrogen and oxygen atoms in total. The van der Waals surface area contributed by atoms with Crippen molar-refractivity contribution in [2.45, 2.75) is 58.4 Å². The van der Waals surface area contributed by atoms with Crippen molar-refractivity contribution in [1.82, 2.24) is 5.32 Å². The molecule has 1 atom stereocenters. The number of carbonyl (C=O) groups is 1. The van der Waals surface area contributed by atoms with Crippen molar-refractivity contribution >= 4 is 22.4 Å². The molecule has 1 aliphatic carbocycles. The Hall–Kier alpha value is -3.01. The van der Waals surface area contributed by atoms with Crippen molar-refractivity contribution in [3.8, 4) is 5.75 Å². The first-order valence-electron chi connectivity index (χ1n) is 11.2. The van der Waals surface area contributed by atoms with Crippen molar-refractivity contribution in [2.75, 3.05) is 7.11 Å². The molecule has 0 fully saturated rings. The monoisotopic (exact) mass is 417 g/mol. The van der Waals surface area contributed by atoms with Gasteiger partial charge < -0.3 is 14.5 Å². The van der Waals surface area contributed by atoms with Crippen LogP contribution >= 0.6 is 0 Å². The number of allylic oxidation sites excluding steroid dienone is 1. The van der Waals surface area contributed by atoms with Gasteiger partial charge in [-0.3, -0.25) is 4.79 Å². The number of rotatable bonds is 7. The number of methoxy groups -OCH3 is 1. The summed E-state index contributed by atoms with van der Waals surface area (Å²) in [5.41, 5.74) is 5.31. The largest absolute Gasteiger partial charge is 0.496 e. The third-order valence-electron chi connectivity index (χ3n) is 6.15. The Bertz CT molecular complexity index is 1090. The molecule has 1 amide bonds. The summed E-state index contributed by atoms with van der Waals surface area (Å²) in [5.74, 6) is 1.76. The fourth-order valence-corrected chi connectivity index (χ4v) is 4.43. The van der Waals surface area contributed by atoms with E-state index in [4.69, 9.17) is 9.15 Å². The highest BCUT2D eigenvalue weighted by Crippen LogP contribution is 2.37. The van der Waals surface area contributed by atoms with Gasteiger partial charge in [-0.2, -0.15) is 0 Å². The molecule has 1 unspecified atom stereocenters. The van der Waals surface area contributed by atoms with E-state index in [1.54, 1.807) is 13.2 Å². The van der Waals surface area contributed by atoms with Crippen LogP contribution in [0.4, 0.5) is 0 Å². The molecular formula is C27H31NO3. The van der Waals surface area contributed by atoms with Crippen LogP contribution in [0.3, 0.4) is 0 Å². The Morgan fingerprint density at radius 2 is 1.97 bits per heavy atom. The SMILES string of the molecule is COc1cc2oc3c(c2cc1/C(C)=C/C(=O)NC(C)CCc1ccccc1)CCCC3. The molecule has 0 radical (unpaired) electrons. The Labute approximate surface area is 184 Å². The van der Waals surface area contributed by atoms with Crippen molar-refractivity contribution < 1.29 is 13.9 Å². The van der Waals surface area contributed by atoms with Gasteiger partial charge in [0, 0.05) is 41.1 Å². The Kier molecular flexibility index (Phi) is 6.45. The van der Waals surface area contributed by atoms with E-state index in [0.717, 1.165) is 59.3 Å². The lowest BCUT2D eigenvalue weighted by atomic mass is 9.94. The molecule has 0 saturated heterocycles. The van der Waals surface area contributed by atoms with Crippen molar-refractivity contribution in [3.05, 3.63) is 71.0 Å². The van der Waals surface area contributed by atoms with Crippen LogP contribution in [0.25, 0.3) is 16.5 Å². The molecule has 0 bridgehead atoms. The number of hydrogen-bond donors (Lipinski definition) is 1. The van der Waals surface area contributed by atoms with Gasteiger partial charge in [0.1, 0.15) is 17.1 Å². The van der Waals surface area contributed by atoms with Gasteiger partial charge in [0.15, 0.2) is 0 Å². The fourth-order valence-electron chi connectivity index (χ4n) is 4.43. The van der Waals surface area contributed by atoms with Gasteiger partial charge in [0.25, 0.3) is 0 Å². The van der Waals surface area contributed by atoms with Crippen molar-refractivity contribution in [1.29, 1.82) is 0 Å². The maximum absolute atomic E-state index is 12.6. The summed E-state index contributed by atoms with van der Waals surface area (Å²) in [6.07, 6.45) is 7.95. The number of ether oxygens (including phenoxy) is 1. The zero-order chi connectivity index (χ0) is 21.8. The summed E-state index contributed by atoms with van der Waals surface area (Å²) >= 11 is 0. The molecule has 3 aromatic rings. The van der Waals surface area contributed by atoms with Gasteiger partial charge >= 0.3 is 0 Å². The number of amides is 1. The summed E-state index contributed by atoms with van der Waals surface area (Å²) in [6, 6.07) is 14.5. The molecule has 4 rings (SSSR count). The van der Waals surface area contributed by atoms with E-state index in [1.807, 2.05) is 31.2 Å². The molecule has 4 heteroatoms. The Morgan fingerprint density at radius 3 is 2.74 bits per heavy atom. The second-order valence-electron chi connectivity index (χ2n) is 8.52. The van der Waals surface area contributed by atoms with E-state index in [-0.39, 0.29) is 11.9 Å². The number of benzene rings is 2. The van der Waals surface area contributed by atoms with E-state index in [2.05, 4.69) is 30.4 Å². The van der Waals surface area contributed by atoms with Crippen LogP contribution in [0.2, 0.25) is 0 Å². The molecule has 1 aromatic heterocycles. The van der Waals surface area contributed by atoms with Crippen LogP contribution in [-0.4, -0.2) is 19.1 Å². The molecule has 0 aliphatic heterocycles. The van der Waals surface area contributed by atoms with E-state index >= 15 is 0 Å². The van der Waals surface area contributed by atoms with Crippen LogP contribution in [0.1, 0.15) is 55.6 Å². The standard InChI is InChI=1S/C27H31NO3/c1-18(15-27(29)28-19(2)13-14-20-9-5-4-6-10-20)22-16-23-21-11-7-8-12-24(21)31-26(23)17-25(22)30-3/h4-6,9-10,15-17,19H,7-8,11-14H2,1-3H3,(H,28,29)/b18-15+. The Morgan fingerprint density at radius 1 is 1.19 bits per heavy atom. The average molecular weight is 418 g/mol. The molecule has 0 spiro atoms. The van der Waals surface area contributed by atoms with Gasteiger partial charge in [0.05, 0.1) is 7.11 Å². The fraction of sp³-hybridized carbons (Fsp3) is 0.370. The average Bonchev–Trinajstić information content (AvgIpc) is 3.15. The van der Waals surface area contributed by atoms with E-state index in [0.29, 0.717) is 0 Å². The van der Waals surface area contributed by atoms with Crippen LogP contribution in [0.5, 0.6) is 5.75 Å². The molecule has 2 aromatic carbocycles. The predicted molar refractivity (Wildman–Crippen MR) is 125 cm³/mol.